The largest absolute Gasteiger partial charge is 0.151 e. The van der Waals surface area contributed by atoms with E-state index in [0.29, 0.717) is 3.91 Å². The first-order valence-corrected chi connectivity index (χ1v) is 24.5. The van der Waals surface area contributed by atoms with E-state index in [0.717, 1.165) is 0 Å². The third-order valence-corrected chi connectivity index (χ3v) is 48.6. The zero-order chi connectivity index (χ0) is 17.6. The van der Waals surface area contributed by atoms with Gasteiger partial charge in [-0.2, -0.15) is 0 Å². The quantitative estimate of drug-likeness (QED) is 0.266. The van der Waals surface area contributed by atoms with Crippen molar-refractivity contribution in [2.24, 2.45) is 0 Å². The number of rotatable bonds is 5. The van der Waals surface area contributed by atoms with Gasteiger partial charge in [-0.1, -0.05) is 95.8 Å². The molecule has 0 aliphatic heterocycles. The molecule has 0 saturated carbocycles. The lowest BCUT2D eigenvalue weighted by Crippen LogP contribution is -2.77. The first-order valence-electron chi connectivity index (χ1n) is 8.35. The van der Waals surface area contributed by atoms with Crippen molar-refractivity contribution in [2.75, 3.05) is 0 Å². The SMILES string of the molecule is C[Si](C)(C)C([Si](C)(C)C)([Si](C)(C)C)[Si](C)(I)c1ccccc1. The molecule has 1 rings (SSSR count). The highest BCUT2D eigenvalue weighted by atomic mass is 127. The summed E-state index contributed by atoms with van der Waals surface area (Å²) in [5.41, 5.74) is -1.61. The van der Waals surface area contributed by atoms with Crippen LogP contribution < -0.4 is 5.19 Å². The van der Waals surface area contributed by atoms with E-state index in [9.17, 15) is 0 Å². The van der Waals surface area contributed by atoms with Crippen LogP contribution in [0.1, 0.15) is 0 Å². The Morgan fingerprint density at radius 2 is 0.955 bits per heavy atom. The standard InChI is InChI=1S/C17H35ISi4/c1-19(2,3)17(20(4,5)6,21(7,8)9)22(10,18)16-14-12-11-13-15-16/h11-15H,1-10H3. The summed E-state index contributed by atoms with van der Waals surface area (Å²) in [4.78, 5) is 0. The molecule has 0 aromatic heterocycles. The van der Waals surface area contributed by atoms with E-state index >= 15 is 0 Å². The Balaban J connectivity index is 3.87. The van der Waals surface area contributed by atoms with E-state index in [-0.39, 0.29) is 0 Å². The van der Waals surface area contributed by atoms with E-state index in [2.05, 4.69) is 118 Å². The zero-order valence-electron chi connectivity index (χ0n) is 16.3. The van der Waals surface area contributed by atoms with Gasteiger partial charge in [0.25, 0.3) is 0 Å². The second-order valence-corrected chi connectivity index (χ2v) is 38.4. The van der Waals surface area contributed by atoms with Crippen molar-refractivity contribution in [1.82, 2.24) is 0 Å². The molecule has 5 heteroatoms. The van der Waals surface area contributed by atoms with Gasteiger partial charge in [0.05, 0.1) is 0 Å². The molecule has 0 nitrogen and oxygen atoms in total. The molecule has 1 unspecified atom stereocenters. The topological polar surface area (TPSA) is 0 Å². The van der Waals surface area contributed by atoms with Gasteiger partial charge in [0.2, 0.25) is 0 Å². The number of hydrogen-bond donors (Lipinski definition) is 0. The minimum atomic E-state index is -1.61. The van der Waals surface area contributed by atoms with Crippen LogP contribution in [0.25, 0.3) is 0 Å². The third kappa shape index (κ3) is 3.17. The third-order valence-electron chi connectivity index (χ3n) is 5.40. The van der Waals surface area contributed by atoms with Gasteiger partial charge in [-0.05, 0) is 9.09 Å². The molecule has 1 atom stereocenters. The lowest BCUT2D eigenvalue weighted by molar-refractivity contribution is 1.21. The molecule has 0 N–H and O–H groups in total. The van der Waals surface area contributed by atoms with Gasteiger partial charge in [0.15, 0.2) is 5.57 Å². The minimum Gasteiger partial charge on any atom is -0.113 e. The Morgan fingerprint density at radius 3 is 1.23 bits per heavy atom. The fourth-order valence-electron chi connectivity index (χ4n) is 6.46. The zero-order valence-corrected chi connectivity index (χ0v) is 22.4. The van der Waals surface area contributed by atoms with Crippen molar-refractivity contribution in [3.8, 4) is 0 Å². The Kier molecular flexibility index (Phi) is 5.95. The summed E-state index contributed by atoms with van der Waals surface area (Å²) in [6.45, 7) is 26.6. The van der Waals surface area contributed by atoms with Gasteiger partial charge in [-0.25, -0.2) is 0 Å². The number of halogens is 1. The van der Waals surface area contributed by atoms with Gasteiger partial charge in [0.1, 0.15) is 0 Å². The predicted molar refractivity (Wildman–Crippen MR) is 124 cm³/mol. The van der Waals surface area contributed by atoms with Crippen molar-refractivity contribution in [1.29, 1.82) is 0 Å². The van der Waals surface area contributed by atoms with Crippen LogP contribution >= 0.6 is 21.8 Å². The minimum absolute atomic E-state index is 0.655. The molecule has 0 spiro atoms. The summed E-state index contributed by atoms with van der Waals surface area (Å²) in [7, 11) is -4.04. The molecule has 1 aromatic carbocycles. The summed E-state index contributed by atoms with van der Waals surface area (Å²) in [5.74, 6) is 0. The molecule has 0 radical (unpaired) electrons. The van der Waals surface area contributed by atoms with E-state index in [4.69, 9.17) is 0 Å². The second-order valence-electron chi connectivity index (χ2n) is 9.87. The fraction of sp³-hybridized carbons (Fsp3) is 0.647. The average Bonchev–Trinajstić information content (AvgIpc) is 2.23. The average molecular weight is 479 g/mol. The van der Waals surface area contributed by atoms with Crippen LogP contribution in [0.2, 0.25) is 69.4 Å². The van der Waals surface area contributed by atoms with Crippen LogP contribution in [-0.4, -0.2) is 29.8 Å². The van der Waals surface area contributed by atoms with E-state index in [1.165, 1.54) is 0 Å². The molecule has 0 aliphatic carbocycles. The van der Waals surface area contributed by atoms with Crippen LogP contribution in [0, 0.1) is 0 Å². The Morgan fingerprint density at radius 1 is 0.636 bits per heavy atom. The molecular weight excluding hydrogens is 443 g/mol. The Bertz CT molecular complexity index is 468. The number of benzene rings is 1. The molecule has 1 aromatic rings. The first-order chi connectivity index (χ1) is 9.61. The van der Waals surface area contributed by atoms with Gasteiger partial charge in [0, 0.05) is 24.2 Å². The second kappa shape index (κ2) is 6.27. The summed E-state index contributed by atoms with van der Waals surface area (Å²) >= 11 is 2.98. The smallest absolute Gasteiger partial charge is 0.113 e. The number of hydrogen-bond acceptors (Lipinski definition) is 0. The molecular formula is C17H35ISi4. The van der Waals surface area contributed by atoms with Crippen LogP contribution in [0.3, 0.4) is 0 Å². The predicted octanol–water partition coefficient (Wildman–Crippen LogP) is 6.28. The van der Waals surface area contributed by atoms with Crippen molar-refractivity contribution in [2.45, 2.75) is 69.4 Å². The van der Waals surface area contributed by atoms with E-state index in [1.54, 1.807) is 5.19 Å². The maximum absolute atomic E-state index is 2.98. The lowest BCUT2D eigenvalue weighted by Gasteiger charge is -2.65. The Hall–Kier alpha value is 0.818. The molecule has 0 bridgehead atoms. The summed E-state index contributed by atoms with van der Waals surface area (Å²) in [6.07, 6.45) is 0. The van der Waals surface area contributed by atoms with E-state index < -0.39 is 29.8 Å². The Labute approximate surface area is 155 Å². The molecule has 0 heterocycles. The highest BCUT2D eigenvalue weighted by Gasteiger charge is 2.68. The molecule has 0 saturated heterocycles. The van der Waals surface area contributed by atoms with Crippen molar-refractivity contribution < 1.29 is 0 Å². The summed E-state index contributed by atoms with van der Waals surface area (Å²) < 4.78 is 0.655. The normalized spacial score (nSPS) is 17.2. The van der Waals surface area contributed by atoms with Gasteiger partial charge in [-0.3, -0.25) is 0 Å². The van der Waals surface area contributed by atoms with Crippen LogP contribution in [0.4, 0.5) is 0 Å². The molecule has 0 fully saturated rings. The maximum Gasteiger partial charge on any atom is 0.151 e. The summed E-state index contributed by atoms with van der Waals surface area (Å²) in [6, 6.07) is 11.5. The first kappa shape index (κ1) is 20.9. The lowest BCUT2D eigenvalue weighted by atomic mass is 10.4. The van der Waals surface area contributed by atoms with Gasteiger partial charge in [-0.15, -0.1) is 21.8 Å². The van der Waals surface area contributed by atoms with Crippen LogP contribution in [-0.2, 0) is 0 Å². The monoisotopic (exact) mass is 478 g/mol. The van der Waals surface area contributed by atoms with Crippen LogP contribution in [0.5, 0.6) is 0 Å². The highest BCUT2D eigenvalue weighted by molar-refractivity contribution is 14.1. The fourth-order valence-corrected chi connectivity index (χ4v) is 75.8. The van der Waals surface area contributed by atoms with E-state index in [1.807, 2.05) is 0 Å². The summed E-state index contributed by atoms with van der Waals surface area (Å²) in [5, 5.41) is 1.67. The van der Waals surface area contributed by atoms with Crippen molar-refractivity contribution >= 4 is 56.8 Å². The van der Waals surface area contributed by atoms with Crippen molar-refractivity contribution in [3.63, 3.8) is 0 Å². The van der Waals surface area contributed by atoms with Crippen molar-refractivity contribution in [3.05, 3.63) is 30.3 Å². The molecule has 0 amide bonds. The maximum atomic E-state index is 2.98. The van der Waals surface area contributed by atoms with Crippen LogP contribution in [0.15, 0.2) is 30.3 Å². The molecule has 22 heavy (non-hydrogen) atoms. The molecule has 126 valence electrons. The molecule has 0 aliphatic rings. The highest BCUT2D eigenvalue weighted by Crippen LogP contribution is 2.61. The van der Waals surface area contributed by atoms with Gasteiger partial charge < -0.3 is 0 Å². The van der Waals surface area contributed by atoms with Gasteiger partial charge >= 0.3 is 0 Å².